The van der Waals surface area contributed by atoms with Gasteiger partial charge in [-0.2, -0.15) is 0 Å². The molecule has 2 aromatic carbocycles. The summed E-state index contributed by atoms with van der Waals surface area (Å²) in [4.78, 5) is 0. The summed E-state index contributed by atoms with van der Waals surface area (Å²) in [7, 11) is 0. The van der Waals surface area contributed by atoms with Gasteiger partial charge in [-0.05, 0) is 66.6 Å². The van der Waals surface area contributed by atoms with Gasteiger partial charge in [0.15, 0.2) is 17.5 Å². The summed E-state index contributed by atoms with van der Waals surface area (Å²) in [6.45, 7) is 2.13. The van der Waals surface area contributed by atoms with Crippen LogP contribution in [0.15, 0.2) is 30.5 Å². The van der Waals surface area contributed by atoms with Gasteiger partial charge in [0.1, 0.15) is 11.6 Å². The molecule has 28 heavy (non-hydrogen) atoms. The molecule has 0 N–H and O–H groups in total. The lowest BCUT2D eigenvalue weighted by molar-refractivity contribution is 0.116. The first-order valence-corrected chi connectivity index (χ1v) is 9.39. The highest BCUT2D eigenvalue weighted by molar-refractivity contribution is 5.71. The SMILES string of the molecule is CCCCCC1CCC(c2cc(F)c(-c3cc(F)c(F)c(F)c3)c(F)c2)=CO1. The Morgan fingerprint density at radius 3 is 2.00 bits per heavy atom. The molecule has 0 aromatic heterocycles. The molecule has 1 aliphatic rings. The molecule has 6 heteroatoms. The third-order valence-electron chi connectivity index (χ3n) is 4.95. The van der Waals surface area contributed by atoms with Crippen LogP contribution in [0.25, 0.3) is 16.7 Å². The molecule has 150 valence electrons. The Morgan fingerprint density at radius 2 is 1.46 bits per heavy atom. The average molecular weight is 396 g/mol. The minimum Gasteiger partial charge on any atom is -0.498 e. The van der Waals surface area contributed by atoms with E-state index in [4.69, 9.17) is 4.74 Å². The van der Waals surface area contributed by atoms with Crippen molar-refractivity contribution < 1.29 is 26.7 Å². The molecule has 0 aliphatic carbocycles. The standard InChI is InChI=1S/C22H21F5O/c1-2-3-4-5-16-7-6-13(12-28-16)14-8-17(23)21(18(24)9-14)15-10-19(25)22(27)20(26)11-15/h8-12,16H,2-7H2,1H3. The van der Waals surface area contributed by atoms with E-state index in [1.807, 2.05) is 0 Å². The Bertz CT molecular complexity index is 844. The smallest absolute Gasteiger partial charge is 0.194 e. The summed E-state index contributed by atoms with van der Waals surface area (Å²) in [6, 6.07) is 3.35. The molecule has 3 rings (SSSR count). The van der Waals surface area contributed by atoms with Crippen molar-refractivity contribution >= 4 is 5.57 Å². The highest BCUT2D eigenvalue weighted by Crippen LogP contribution is 2.34. The van der Waals surface area contributed by atoms with E-state index in [0.717, 1.165) is 44.2 Å². The number of ether oxygens (including phenoxy) is 1. The summed E-state index contributed by atoms with van der Waals surface area (Å²) in [5.74, 6) is -6.65. The third kappa shape index (κ3) is 4.37. The number of hydrogen-bond donors (Lipinski definition) is 0. The van der Waals surface area contributed by atoms with Gasteiger partial charge in [-0.15, -0.1) is 0 Å². The minimum atomic E-state index is -1.68. The van der Waals surface area contributed by atoms with Gasteiger partial charge in [-0.3, -0.25) is 0 Å². The second-order valence-corrected chi connectivity index (χ2v) is 7.00. The molecule has 1 nitrogen and oxygen atoms in total. The average Bonchev–Trinajstić information content (AvgIpc) is 2.66. The van der Waals surface area contributed by atoms with Gasteiger partial charge in [-0.1, -0.05) is 19.8 Å². The monoisotopic (exact) mass is 396 g/mol. The van der Waals surface area contributed by atoms with Crippen molar-refractivity contribution in [3.63, 3.8) is 0 Å². The van der Waals surface area contributed by atoms with Crippen LogP contribution in [-0.4, -0.2) is 6.10 Å². The summed E-state index contributed by atoms with van der Waals surface area (Å²) in [5.41, 5.74) is -0.0273. The quantitative estimate of drug-likeness (QED) is 0.286. The number of unbranched alkanes of at least 4 members (excludes halogenated alkanes) is 2. The van der Waals surface area contributed by atoms with Crippen LogP contribution >= 0.6 is 0 Å². The van der Waals surface area contributed by atoms with Gasteiger partial charge in [0.25, 0.3) is 0 Å². The highest BCUT2D eigenvalue weighted by Gasteiger charge is 2.21. The Morgan fingerprint density at radius 1 is 0.857 bits per heavy atom. The van der Waals surface area contributed by atoms with Crippen LogP contribution in [0.2, 0.25) is 0 Å². The lowest BCUT2D eigenvalue weighted by atomic mass is 9.94. The normalized spacial score (nSPS) is 16.6. The van der Waals surface area contributed by atoms with Crippen molar-refractivity contribution in [1.29, 1.82) is 0 Å². The maximum absolute atomic E-state index is 14.6. The zero-order valence-corrected chi connectivity index (χ0v) is 15.5. The number of allylic oxidation sites excluding steroid dienone is 1. The van der Waals surface area contributed by atoms with E-state index in [1.54, 1.807) is 0 Å². The zero-order chi connectivity index (χ0) is 20.3. The molecular weight excluding hydrogens is 375 g/mol. The maximum atomic E-state index is 14.6. The van der Waals surface area contributed by atoms with E-state index >= 15 is 0 Å². The van der Waals surface area contributed by atoms with E-state index < -0.39 is 40.2 Å². The van der Waals surface area contributed by atoms with Gasteiger partial charge in [0.2, 0.25) is 0 Å². The fraction of sp³-hybridized carbons (Fsp3) is 0.364. The summed E-state index contributed by atoms with van der Waals surface area (Å²) in [5, 5.41) is 0. The van der Waals surface area contributed by atoms with Crippen LogP contribution in [0.3, 0.4) is 0 Å². The zero-order valence-electron chi connectivity index (χ0n) is 15.5. The number of rotatable bonds is 6. The van der Waals surface area contributed by atoms with Crippen LogP contribution in [-0.2, 0) is 4.74 Å². The predicted molar refractivity (Wildman–Crippen MR) is 97.9 cm³/mol. The molecule has 0 bridgehead atoms. The van der Waals surface area contributed by atoms with E-state index in [1.165, 1.54) is 6.26 Å². The van der Waals surface area contributed by atoms with E-state index in [2.05, 4.69) is 6.92 Å². The highest BCUT2D eigenvalue weighted by atomic mass is 19.2. The molecule has 2 aromatic rings. The maximum Gasteiger partial charge on any atom is 0.194 e. The molecule has 0 saturated heterocycles. The summed E-state index contributed by atoms with van der Waals surface area (Å²) >= 11 is 0. The first-order valence-electron chi connectivity index (χ1n) is 9.39. The Kier molecular flexibility index (Phi) is 6.37. The molecule has 1 heterocycles. The molecule has 0 radical (unpaired) electrons. The van der Waals surface area contributed by atoms with E-state index in [0.29, 0.717) is 29.7 Å². The van der Waals surface area contributed by atoms with Crippen molar-refractivity contribution in [2.24, 2.45) is 0 Å². The van der Waals surface area contributed by atoms with Crippen molar-refractivity contribution in [2.45, 2.75) is 51.6 Å². The molecule has 0 spiro atoms. The van der Waals surface area contributed by atoms with Gasteiger partial charge < -0.3 is 4.74 Å². The van der Waals surface area contributed by atoms with Crippen LogP contribution < -0.4 is 0 Å². The Balaban J connectivity index is 1.83. The van der Waals surface area contributed by atoms with Crippen molar-refractivity contribution in [3.8, 4) is 11.1 Å². The fourth-order valence-corrected chi connectivity index (χ4v) is 3.40. The number of halogens is 5. The number of hydrogen-bond acceptors (Lipinski definition) is 1. The first-order chi connectivity index (χ1) is 13.4. The van der Waals surface area contributed by atoms with Crippen LogP contribution in [0.5, 0.6) is 0 Å². The number of benzene rings is 2. The molecule has 1 unspecified atom stereocenters. The molecule has 1 atom stereocenters. The lowest BCUT2D eigenvalue weighted by Gasteiger charge is -2.23. The second kappa shape index (κ2) is 8.76. The predicted octanol–water partition coefficient (Wildman–Crippen LogP) is 7.15. The Labute approximate surface area is 160 Å². The minimum absolute atomic E-state index is 0.106. The third-order valence-corrected chi connectivity index (χ3v) is 4.95. The van der Waals surface area contributed by atoms with Crippen LogP contribution in [0.1, 0.15) is 51.0 Å². The van der Waals surface area contributed by atoms with Gasteiger partial charge in [0, 0.05) is 0 Å². The van der Waals surface area contributed by atoms with Gasteiger partial charge in [-0.25, -0.2) is 22.0 Å². The van der Waals surface area contributed by atoms with Crippen molar-refractivity contribution in [2.75, 3.05) is 0 Å². The van der Waals surface area contributed by atoms with Crippen molar-refractivity contribution in [3.05, 3.63) is 65.2 Å². The molecule has 0 fully saturated rings. The lowest BCUT2D eigenvalue weighted by Crippen LogP contribution is -2.14. The topological polar surface area (TPSA) is 9.23 Å². The fourth-order valence-electron chi connectivity index (χ4n) is 3.40. The summed E-state index contributed by atoms with van der Waals surface area (Å²) in [6.07, 6.45) is 7.30. The van der Waals surface area contributed by atoms with Gasteiger partial charge in [0.05, 0.1) is 17.9 Å². The largest absolute Gasteiger partial charge is 0.498 e. The Hall–Kier alpha value is -2.37. The van der Waals surface area contributed by atoms with Crippen LogP contribution in [0.4, 0.5) is 22.0 Å². The summed E-state index contributed by atoms with van der Waals surface area (Å²) < 4.78 is 74.7. The van der Waals surface area contributed by atoms with E-state index in [-0.39, 0.29) is 6.10 Å². The van der Waals surface area contributed by atoms with Crippen LogP contribution in [0, 0.1) is 29.1 Å². The van der Waals surface area contributed by atoms with Crippen molar-refractivity contribution in [1.82, 2.24) is 0 Å². The molecular formula is C22H21F5O. The van der Waals surface area contributed by atoms with Gasteiger partial charge >= 0.3 is 0 Å². The van der Waals surface area contributed by atoms with E-state index in [9.17, 15) is 22.0 Å². The second-order valence-electron chi connectivity index (χ2n) is 7.00. The molecule has 1 aliphatic heterocycles. The molecule has 0 amide bonds. The molecule has 0 saturated carbocycles. The first kappa shape index (κ1) is 20.4.